The van der Waals surface area contributed by atoms with Crippen LogP contribution in [0.1, 0.15) is 34.3 Å². The summed E-state index contributed by atoms with van der Waals surface area (Å²) < 4.78 is 11.5. The van der Waals surface area contributed by atoms with E-state index in [1.807, 2.05) is 17.0 Å². The van der Waals surface area contributed by atoms with Crippen molar-refractivity contribution in [2.24, 2.45) is 0 Å². The van der Waals surface area contributed by atoms with E-state index in [1.54, 1.807) is 12.3 Å². The number of nitrogens with one attached hydrogen (secondary N) is 1. The molecule has 4 rings (SSSR count). The number of carbonyl (C=O) groups is 1. The predicted molar refractivity (Wildman–Crippen MR) is 103 cm³/mol. The number of piperidine rings is 1. The van der Waals surface area contributed by atoms with Crippen LogP contribution in [0.3, 0.4) is 0 Å². The minimum atomic E-state index is -0.463. The van der Waals surface area contributed by atoms with Gasteiger partial charge in [-0.3, -0.25) is 4.79 Å². The summed E-state index contributed by atoms with van der Waals surface area (Å²) in [6.45, 7) is 5.33. The molecular formula is C21H25N3O3. The Labute approximate surface area is 159 Å². The number of benzene rings is 1. The van der Waals surface area contributed by atoms with Crippen LogP contribution in [0.2, 0.25) is 0 Å². The Hall–Kier alpha value is -2.44. The summed E-state index contributed by atoms with van der Waals surface area (Å²) in [7, 11) is 0. The van der Waals surface area contributed by atoms with Gasteiger partial charge in [-0.15, -0.1) is 0 Å². The first-order valence-corrected chi connectivity index (χ1v) is 9.46. The van der Waals surface area contributed by atoms with E-state index in [0.29, 0.717) is 44.2 Å². The Bertz CT molecular complexity index is 808. The highest BCUT2D eigenvalue weighted by Gasteiger charge is 2.40. The molecule has 6 nitrogen and oxygen atoms in total. The number of hydrogen-bond acceptors (Lipinski definition) is 5. The Balaban J connectivity index is 1.37. The quantitative estimate of drug-likeness (QED) is 0.900. The first-order chi connectivity index (χ1) is 13.1. The number of likely N-dealkylation sites (tertiary alicyclic amines) is 1. The molecule has 2 fully saturated rings. The topological polar surface area (TPSA) is 63.7 Å². The van der Waals surface area contributed by atoms with Gasteiger partial charge in [0.25, 0.3) is 5.91 Å². The van der Waals surface area contributed by atoms with Crippen molar-refractivity contribution in [3.8, 4) is 0 Å². The van der Waals surface area contributed by atoms with Gasteiger partial charge in [0.1, 0.15) is 5.82 Å². The van der Waals surface area contributed by atoms with Crippen molar-refractivity contribution in [3.63, 3.8) is 0 Å². The number of hydrogen-bond donors (Lipinski definition) is 1. The van der Waals surface area contributed by atoms with E-state index in [2.05, 4.69) is 35.4 Å². The van der Waals surface area contributed by atoms with E-state index in [-0.39, 0.29) is 5.91 Å². The highest BCUT2D eigenvalue weighted by atomic mass is 16.7. The van der Waals surface area contributed by atoms with Crippen LogP contribution in [-0.4, -0.2) is 47.9 Å². The molecule has 0 bridgehead atoms. The number of carbonyl (C=O) groups excluding carboxylic acids is 1. The number of rotatable bonds is 4. The largest absolute Gasteiger partial charge is 0.366 e. The molecular weight excluding hydrogens is 342 g/mol. The molecule has 27 heavy (non-hydrogen) atoms. The molecule has 1 aromatic heterocycles. The van der Waals surface area contributed by atoms with Gasteiger partial charge in [-0.1, -0.05) is 29.8 Å². The van der Waals surface area contributed by atoms with Crippen LogP contribution in [0, 0.1) is 6.92 Å². The Kier molecular flexibility index (Phi) is 5.09. The van der Waals surface area contributed by atoms with E-state index >= 15 is 0 Å². The van der Waals surface area contributed by atoms with Crippen molar-refractivity contribution < 1.29 is 14.3 Å². The summed E-state index contributed by atoms with van der Waals surface area (Å²) in [5, 5.41) is 3.30. The molecule has 6 heteroatoms. The second kappa shape index (κ2) is 7.66. The summed E-state index contributed by atoms with van der Waals surface area (Å²) in [5.74, 6) is 0.275. The zero-order chi connectivity index (χ0) is 18.7. The van der Waals surface area contributed by atoms with Gasteiger partial charge < -0.3 is 19.7 Å². The number of aryl methyl sites for hydroxylation is 1. The monoisotopic (exact) mass is 367 g/mol. The molecule has 0 radical (unpaired) electrons. The van der Waals surface area contributed by atoms with Gasteiger partial charge in [0.15, 0.2) is 5.79 Å². The van der Waals surface area contributed by atoms with Crippen LogP contribution in [0.5, 0.6) is 0 Å². The van der Waals surface area contributed by atoms with Gasteiger partial charge in [0, 0.05) is 44.2 Å². The maximum Gasteiger partial charge on any atom is 0.254 e. The molecule has 142 valence electrons. The molecule has 1 N–H and O–H groups in total. The normalized spacial score (nSPS) is 18.6. The van der Waals surface area contributed by atoms with Gasteiger partial charge in [0.05, 0.1) is 13.2 Å². The fraction of sp³-hybridized carbons (Fsp3) is 0.429. The van der Waals surface area contributed by atoms with Crippen molar-refractivity contribution in [2.75, 3.05) is 31.6 Å². The molecule has 1 aromatic carbocycles. The smallest absolute Gasteiger partial charge is 0.254 e. The molecule has 1 amide bonds. The molecule has 0 atom stereocenters. The van der Waals surface area contributed by atoms with Crippen molar-refractivity contribution >= 4 is 11.7 Å². The van der Waals surface area contributed by atoms with Gasteiger partial charge in [-0.25, -0.2) is 4.98 Å². The van der Waals surface area contributed by atoms with E-state index in [9.17, 15) is 4.79 Å². The van der Waals surface area contributed by atoms with Crippen LogP contribution in [-0.2, 0) is 16.0 Å². The summed E-state index contributed by atoms with van der Waals surface area (Å²) >= 11 is 0. The summed E-state index contributed by atoms with van der Waals surface area (Å²) in [4.78, 5) is 19.1. The van der Waals surface area contributed by atoms with Gasteiger partial charge in [0.2, 0.25) is 0 Å². The molecule has 0 aliphatic carbocycles. The van der Waals surface area contributed by atoms with Crippen LogP contribution in [0.15, 0.2) is 42.6 Å². The van der Waals surface area contributed by atoms with Gasteiger partial charge in [-0.05, 0) is 24.6 Å². The third-order valence-electron chi connectivity index (χ3n) is 5.19. The third kappa shape index (κ3) is 4.12. The highest BCUT2D eigenvalue weighted by Crippen LogP contribution is 2.31. The van der Waals surface area contributed by atoms with Crippen molar-refractivity contribution in [3.05, 3.63) is 59.3 Å². The van der Waals surface area contributed by atoms with E-state index < -0.39 is 5.79 Å². The average molecular weight is 367 g/mol. The van der Waals surface area contributed by atoms with Crippen LogP contribution in [0.25, 0.3) is 0 Å². The standard InChI is InChI=1S/C21H25N3O3/c1-16-3-2-4-17(13-16)15-23-19-14-18(5-8-22-19)20(25)24-9-6-21(7-10-24)26-11-12-27-21/h2-5,8,13-14H,6-7,9-12,15H2,1H3,(H,22,23). The van der Waals surface area contributed by atoms with Gasteiger partial charge >= 0.3 is 0 Å². The fourth-order valence-electron chi connectivity index (χ4n) is 3.69. The number of anilines is 1. The number of nitrogens with zero attached hydrogens (tertiary/aromatic N) is 2. The average Bonchev–Trinajstić information content (AvgIpc) is 3.15. The lowest BCUT2D eigenvalue weighted by atomic mass is 10.0. The first kappa shape index (κ1) is 17.9. The molecule has 0 unspecified atom stereocenters. The Morgan fingerprint density at radius 3 is 2.70 bits per heavy atom. The van der Waals surface area contributed by atoms with E-state index in [0.717, 1.165) is 12.8 Å². The number of aromatic nitrogens is 1. The SMILES string of the molecule is Cc1cccc(CNc2cc(C(=O)N3CCC4(CC3)OCCO4)ccn2)c1. The Morgan fingerprint density at radius 2 is 1.96 bits per heavy atom. The molecule has 1 spiro atoms. The molecule has 2 aliphatic rings. The summed E-state index contributed by atoms with van der Waals surface area (Å²) in [5.41, 5.74) is 3.07. The Morgan fingerprint density at radius 1 is 1.19 bits per heavy atom. The maximum atomic E-state index is 12.9. The van der Waals surface area contributed by atoms with Crippen LogP contribution >= 0.6 is 0 Å². The van der Waals surface area contributed by atoms with Crippen LogP contribution in [0.4, 0.5) is 5.82 Å². The first-order valence-electron chi connectivity index (χ1n) is 9.46. The molecule has 2 saturated heterocycles. The lowest BCUT2D eigenvalue weighted by molar-refractivity contribution is -0.181. The number of pyridine rings is 1. The van der Waals surface area contributed by atoms with Crippen molar-refractivity contribution in [1.29, 1.82) is 0 Å². The van der Waals surface area contributed by atoms with E-state index in [4.69, 9.17) is 9.47 Å². The maximum absolute atomic E-state index is 12.9. The molecule has 0 saturated carbocycles. The fourth-order valence-corrected chi connectivity index (χ4v) is 3.69. The van der Waals surface area contributed by atoms with Crippen molar-refractivity contribution in [1.82, 2.24) is 9.88 Å². The second-order valence-electron chi connectivity index (χ2n) is 7.17. The highest BCUT2D eigenvalue weighted by molar-refractivity contribution is 5.94. The lowest BCUT2D eigenvalue weighted by Gasteiger charge is -2.37. The molecule has 3 heterocycles. The van der Waals surface area contributed by atoms with E-state index in [1.165, 1.54) is 11.1 Å². The van der Waals surface area contributed by atoms with Gasteiger partial charge in [-0.2, -0.15) is 0 Å². The second-order valence-corrected chi connectivity index (χ2v) is 7.17. The minimum absolute atomic E-state index is 0.0313. The molecule has 2 aromatic rings. The zero-order valence-corrected chi connectivity index (χ0v) is 15.6. The summed E-state index contributed by atoms with van der Waals surface area (Å²) in [6.07, 6.45) is 3.13. The number of ether oxygens (including phenoxy) is 2. The number of amides is 1. The molecule has 2 aliphatic heterocycles. The third-order valence-corrected chi connectivity index (χ3v) is 5.19. The van der Waals surface area contributed by atoms with Crippen LogP contribution < -0.4 is 5.32 Å². The predicted octanol–water partition coefficient (Wildman–Crippen LogP) is 2.98. The summed E-state index contributed by atoms with van der Waals surface area (Å²) in [6, 6.07) is 11.9. The minimum Gasteiger partial charge on any atom is -0.366 e. The zero-order valence-electron chi connectivity index (χ0n) is 15.6. The lowest BCUT2D eigenvalue weighted by Crippen LogP contribution is -2.47. The van der Waals surface area contributed by atoms with Crippen molar-refractivity contribution in [2.45, 2.75) is 32.1 Å².